The van der Waals surface area contributed by atoms with Gasteiger partial charge in [0.05, 0.1) is 5.75 Å². The molecule has 2 rings (SSSR count). The van der Waals surface area contributed by atoms with Gasteiger partial charge in [-0.2, -0.15) is 4.98 Å². The fourth-order valence-electron chi connectivity index (χ4n) is 1.93. The summed E-state index contributed by atoms with van der Waals surface area (Å²) in [6, 6.07) is 7.40. The predicted octanol–water partition coefficient (Wildman–Crippen LogP) is 1.43. The Labute approximate surface area is 124 Å². The third-order valence-corrected chi connectivity index (χ3v) is 3.91. The molecule has 0 aliphatic heterocycles. The summed E-state index contributed by atoms with van der Waals surface area (Å²) in [4.78, 5) is 4.34. The van der Waals surface area contributed by atoms with Crippen LogP contribution in [0.5, 0.6) is 0 Å². The summed E-state index contributed by atoms with van der Waals surface area (Å²) in [5.41, 5.74) is 1.44. The van der Waals surface area contributed by atoms with E-state index in [2.05, 4.69) is 15.5 Å². The van der Waals surface area contributed by atoms with E-state index in [1.54, 1.807) is 18.2 Å². The lowest BCUT2D eigenvalue weighted by Crippen LogP contribution is -2.24. The molecule has 114 valence electrons. The summed E-state index contributed by atoms with van der Waals surface area (Å²) in [6.45, 7) is 2.03. The lowest BCUT2D eigenvalue weighted by atomic mass is 10.1. The molecule has 1 N–H and O–H groups in total. The van der Waals surface area contributed by atoms with Crippen LogP contribution in [0, 0.1) is 0 Å². The summed E-state index contributed by atoms with van der Waals surface area (Å²) in [5.74, 6) is 1.03. The summed E-state index contributed by atoms with van der Waals surface area (Å²) < 4.78 is 27.9. The molecule has 0 fully saturated rings. The number of nitrogens with zero attached hydrogens (tertiary/aromatic N) is 2. The van der Waals surface area contributed by atoms with Crippen molar-refractivity contribution in [1.82, 2.24) is 15.5 Å². The number of aromatic nitrogens is 2. The van der Waals surface area contributed by atoms with Crippen LogP contribution in [0.3, 0.4) is 0 Å². The maximum Gasteiger partial charge on any atom is 0.257 e. The van der Waals surface area contributed by atoms with Gasteiger partial charge in [0, 0.05) is 24.3 Å². The van der Waals surface area contributed by atoms with Crippen molar-refractivity contribution in [3.05, 3.63) is 35.7 Å². The smallest absolute Gasteiger partial charge is 0.257 e. The quantitative estimate of drug-likeness (QED) is 0.869. The van der Waals surface area contributed by atoms with Crippen LogP contribution in [-0.4, -0.2) is 37.9 Å². The predicted molar refractivity (Wildman–Crippen MR) is 80.5 cm³/mol. The average Bonchev–Trinajstić information content (AvgIpc) is 2.85. The van der Waals surface area contributed by atoms with Crippen molar-refractivity contribution in [2.24, 2.45) is 0 Å². The molecule has 1 atom stereocenters. The van der Waals surface area contributed by atoms with Crippen LogP contribution >= 0.6 is 0 Å². The first-order valence-electron chi connectivity index (χ1n) is 6.64. The second kappa shape index (κ2) is 6.36. The molecule has 2 aromatic rings. The van der Waals surface area contributed by atoms with E-state index in [4.69, 9.17) is 4.52 Å². The van der Waals surface area contributed by atoms with Gasteiger partial charge >= 0.3 is 0 Å². The van der Waals surface area contributed by atoms with E-state index in [9.17, 15) is 8.42 Å². The minimum absolute atomic E-state index is 0.00137. The molecule has 0 aliphatic rings. The van der Waals surface area contributed by atoms with Crippen LogP contribution in [0.15, 0.2) is 28.8 Å². The number of hydrogen-bond acceptors (Lipinski definition) is 6. The Morgan fingerprint density at radius 2 is 2.14 bits per heavy atom. The summed E-state index contributed by atoms with van der Waals surface area (Å²) in [7, 11) is -1.19. The van der Waals surface area contributed by atoms with Gasteiger partial charge in [-0.1, -0.05) is 17.3 Å². The molecular formula is C14H19N3O3S. The van der Waals surface area contributed by atoms with Crippen molar-refractivity contribution in [3.63, 3.8) is 0 Å². The van der Waals surface area contributed by atoms with Crippen molar-refractivity contribution in [2.75, 3.05) is 13.3 Å². The molecule has 1 aromatic carbocycles. The van der Waals surface area contributed by atoms with Crippen LogP contribution in [0.1, 0.15) is 18.3 Å². The molecule has 1 unspecified atom stereocenters. The zero-order valence-corrected chi connectivity index (χ0v) is 13.1. The zero-order valence-electron chi connectivity index (χ0n) is 12.3. The highest BCUT2D eigenvalue weighted by Gasteiger charge is 2.12. The van der Waals surface area contributed by atoms with Crippen molar-refractivity contribution in [1.29, 1.82) is 0 Å². The van der Waals surface area contributed by atoms with E-state index < -0.39 is 9.84 Å². The second-order valence-corrected chi connectivity index (χ2v) is 7.32. The van der Waals surface area contributed by atoms with Crippen LogP contribution in [0.2, 0.25) is 0 Å². The van der Waals surface area contributed by atoms with E-state index in [-0.39, 0.29) is 11.8 Å². The highest BCUT2D eigenvalue weighted by Crippen LogP contribution is 2.20. The topological polar surface area (TPSA) is 85.1 Å². The Morgan fingerprint density at radius 1 is 1.38 bits per heavy atom. The van der Waals surface area contributed by atoms with E-state index >= 15 is 0 Å². The van der Waals surface area contributed by atoms with Gasteiger partial charge in [-0.05, 0) is 31.7 Å². The molecule has 0 saturated carbocycles. The van der Waals surface area contributed by atoms with Crippen LogP contribution in [0.25, 0.3) is 11.5 Å². The SMILES string of the molecule is CNC(C)Cc1noc(-c2cccc(CS(C)(=O)=O)c2)n1. The molecule has 0 saturated heterocycles. The monoisotopic (exact) mass is 309 g/mol. The first kappa shape index (κ1) is 15.7. The Kier molecular flexibility index (Phi) is 4.74. The lowest BCUT2D eigenvalue weighted by molar-refractivity contribution is 0.418. The standard InChI is InChI=1S/C14H19N3O3S/c1-10(15-2)7-13-16-14(20-17-13)12-6-4-5-11(8-12)9-21(3,18)19/h4-6,8,10,15H,7,9H2,1-3H3. The van der Waals surface area contributed by atoms with Gasteiger partial charge in [-0.15, -0.1) is 0 Å². The number of hydrogen-bond donors (Lipinski definition) is 1. The van der Waals surface area contributed by atoms with Gasteiger partial charge in [0.25, 0.3) is 5.89 Å². The third kappa shape index (κ3) is 4.64. The Morgan fingerprint density at radius 3 is 2.81 bits per heavy atom. The number of nitrogens with one attached hydrogen (secondary N) is 1. The number of rotatable bonds is 6. The highest BCUT2D eigenvalue weighted by molar-refractivity contribution is 7.89. The molecule has 0 spiro atoms. The van der Waals surface area contributed by atoms with E-state index in [0.29, 0.717) is 23.7 Å². The normalized spacial score (nSPS) is 13.3. The molecular weight excluding hydrogens is 290 g/mol. The van der Waals surface area contributed by atoms with Crippen LogP contribution < -0.4 is 5.32 Å². The van der Waals surface area contributed by atoms with E-state index in [1.165, 1.54) is 6.26 Å². The minimum atomic E-state index is -3.07. The molecule has 21 heavy (non-hydrogen) atoms. The molecule has 7 heteroatoms. The van der Waals surface area contributed by atoms with Crippen molar-refractivity contribution < 1.29 is 12.9 Å². The third-order valence-electron chi connectivity index (χ3n) is 3.05. The van der Waals surface area contributed by atoms with Gasteiger partial charge in [-0.3, -0.25) is 0 Å². The lowest BCUT2D eigenvalue weighted by Gasteiger charge is -2.04. The van der Waals surface area contributed by atoms with Crippen LogP contribution in [0.4, 0.5) is 0 Å². The van der Waals surface area contributed by atoms with Gasteiger partial charge < -0.3 is 9.84 Å². The number of benzene rings is 1. The van der Waals surface area contributed by atoms with Crippen molar-refractivity contribution in [2.45, 2.75) is 25.1 Å². The van der Waals surface area contributed by atoms with E-state index in [0.717, 1.165) is 5.56 Å². The van der Waals surface area contributed by atoms with Gasteiger partial charge in [0.2, 0.25) is 0 Å². The molecule has 0 aliphatic carbocycles. The maximum atomic E-state index is 11.3. The van der Waals surface area contributed by atoms with Crippen LogP contribution in [-0.2, 0) is 22.0 Å². The van der Waals surface area contributed by atoms with Crippen molar-refractivity contribution in [3.8, 4) is 11.5 Å². The largest absolute Gasteiger partial charge is 0.334 e. The molecule has 0 radical (unpaired) electrons. The van der Waals surface area contributed by atoms with Crippen molar-refractivity contribution >= 4 is 9.84 Å². The Bertz CT molecular complexity index is 710. The molecule has 1 heterocycles. The fraction of sp³-hybridized carbons (Fsp3) is 0.429. The zero-order chi connectivity index (χ0) is 15.5. The second-order valence-electron chi connectivity index (χ2n) is 5.18. The fourth-order valence-corrected chi connectivity index (χ4v) is 2.71. The van der Waals surface area contributed by atoms with E-state index in [1.807, 2.05) is 20.0 Å². The summed E-state index contributed by atoms with van der Waals surface area (Å²) in [5, 5.41) is 7.05. The molecule has 0 bridgehead atoms. The summed E-state index contributed by atoms with van der Waals surface area (Å²) in [6.07, 6.45) is 1.88. The Hall–Kier alpha value is -1.73. The number of sulfone groups is 1. The van der Waals surface area contributed by atoms with Gasteiger partial charge in [-0.25, -0.2) is 8.42 Å². The highest BCUT2D eigenvalue weighted by atomic mass is 32.2. The molecule has 1 aromatic heterocycles. The maximum absolute atomic E-state index is 11.3. The molecule has 6 nitrogen and oxygen atoms in total. The van der Waals surface area contributed by atoms with Gasteiger partial charge in [0.1, 0.15) is 0 Å². The first-order valence-corrected chi connectivity index (χ1v) is 8.70. The average molecular weight is 309 g/mol. The number of likely N-dealkylation sites (N-methyl/N-ethyl adjacent to an activating group) is 1. The minimum Gasteiger partial charge on any atom is -0.334 e. The Balaban J connectivity index is 2.20. The molecule has 0 amide bonds. The summed E-state index contributed by atoms with van der Waals surface area (Å²) >= 11 is 0. The first-order chi connectivity index (χ1) is 9.87. The van der Waals surface area contributed by atoms with Gasteiger partial charge in [0.15, 0.2) is 15.7 Å².